The molecule has 0 aliphatic carbocycles. The maximum atomic E-state index is 12.1. The number of ether oxygens (including phenoxy) is 2. The molecule has 1 atom stereocenters. The van der Waals surface area contributed by atoms with E-state index in [1.807, 2.05) is 12.1 Å². The first-order valence-corrected chi connectivity index (χ1v) is 7.77. The molecule has 1 heterocycles. The molecule has 0 spiro atoms. The number of hydrogen-bond donors (Lipinski definition) is 1. The normalized spacial score (nSPS) is 12.7. The second-order valence-electron chi connectivity index (χ2n) is 6.31. The van der Waals surface area contributed by atoms with Gasteiger partial charge in [-0.05, 0) is 45.4 Å². The van der Waals surface area contributed by atoms with E-state index in [0.29, 0.717) is 11.1 Å². The zero-order valence-electron chi connectivity index (χ0n) is 14.3. The summed E-state index contributed by atoms with van der Waals surface area (Å²) in [5, 5.41) is 2.57. The quantitative estimate of drug-likeness (QED) is 0.846. The SMILES string of the molecule is CCOC(=O)[C@H](Cc1ccc2ocnc2c1)NC(=O)OC(C)(C)C. The number of rotatable bonds is 5. The van der Waals surface area contributed by atoms with Gasteiger partial charge in [-0.25, -0.2) is 14.6 Å². The molecule has 7 heteroatoms. The van der Waals surface area contributed by atoms with Crippen LogP contribution in [0.4, 0.5) is 4.79 Å². The van der Waals surface area contributed by atoms with Crippen LogP contribution in [0.1, 0.15) is 33.3 Å². The molecular weight excluding hydrogens is 312 g/mol. The zero-order chi connectivity index (χ0) is 17.7. The highest BCUT2D eigenvalue weighted by atomic mass is 16.6. The van der Waals surface area contributed by atoms with Gasteiger partial charge in [0.2, 0.25) is 0 Å². The molecule has 0 unspecified atom stereocenters. The standard InChI is InChI=1S/C17H22N2O5/c1-5-22-15(20)13(19-16(21)24-17(2,3)4)9-11-6-7-14-12(8-11)18-10-23-14/h6-8,10,13H,5,9H2,1-4H3,(H,19,21)/t13-/m0/s1. The first-order chi connectivity index (χ1) is 11.3. The number of amides is 1. The molecule has 0 saturated carbocycles. The monoisotopic (exact) mass is 334 g/mol. The van der Waals surface area contributed by atoms with E-state index in [4.69, 9.17) is 13.9 Å². The number of nitrogens with zero attached hydrogens (tertiary/aromatic N) is 1. The molecule has 0 radical (unpaired) electrons. The highest BCUT2D eigenvalue weighted by Crippen LogP contribution is 2.16. The fourth-order valence-electron chi connectivity index (χ4n) is 2.15. The molecule has 0 aliphatic rings. The van der Waals surface area contributed by atoms with Crippen LogP contribution in [0, 0.1) is 0 Å². The number of carbonyl (C=O) groups is 2. The minimum atomic E-state index is -0.843. The molecular formula is C17H22N2O5. The number of benzene rings is 1. The number of esters is 1. The summed E-state index contributed by atoms with van der Waals surface area (Å²) in [6.07, 6.45) is 0.958. The van der Waals surface area contributed by atoms with Gasteiger partial charge in [-0.1, -0.05) is 6.07 Å². The lowest BCUT2D eigenvalue weighted by atomic mass is 10.1. The van der Waals surface area contributed by atoms with Gasteiger partial charge < -0.3 is 19.2 Å². The van der Waals surface area contributed by atoms with Crippen molar-refractivity contribution in [1.29, 1.82) is 0 Å². The molecule has 7 nitrogen and oxygen atoms in total. The number of alkyl carbamates (subject to hydrolysis) is 1. The van der Waals surface area contributed by atoms with E-state index in [2.05, 4.69) is 10.3 Å². The third-order valence-electron chi connectivity index (χ3n) is 3.10. The lowest BCUT2D eigenvalue weighted by Gasteiger charge is -2.23. The Labute approximate surface area is 140 Å². The maximum Gasteiger partial charge on any atom is 0.408 e. The van der Waals surface area contributed by atoms with E-state index in [9.17, 15) is 9.59 Å². The van der Waals surface area contributed by atoms with Crippen LogP contribution in [0.15, 0.2) is 29.0 Å². The van der Waals surface area contributed by atoms with Gasteiger partial charge in [0.05, 0.1) is 6.61 Å². The zero-order valence-corrected chi connectivity index (χ0v) is 14.3. The van der Waals surface area contributed by atoms with Crippen LogP contribution in [-0.4, -0.2) is 35.3 Å². The van der Waals surface area contributed by atoms with Crippen LogP contribution in [-0.2, 0) is 20.7 Å². The average Bonchev–Trinajstić information content (AvgIpc) is 2.92. The predicted octanol–water partition coefficient (Wildman–Crippen LogP) is 2.83. The van der Waals surface area contributed by atoms with Crippen molar-refractivity contribution in [2.75, 3.05) is 6.61 Å². The van der Waals surface area contributed by atoms with Gasteiger partial charge in [0.15, 0.2) is 12.0 Å². The summed E-state index contributed by atoms with van der Waals surface area (Å²) < 4.78 is 15.4. The predicted molar refractivity (Wildman–Crippen MR) is 87.5 cm³/mol. The minimum absolute atomic E-state index is 0.230. The molecule has 130 valence electrons. The Morgan fingerprint density at radius 3 is 2.75 bits per heavy atom. The van der Waals surface area contributed by atoms with Crippen LogP contribution in [0.3, 0.4) is 0 Å². The molecule has 0 fully saturated rings. The molecule has 24 heavy (non-hydrogen) atoms. The van der Waals surface area contributed by atoms with Crippen molar-refractivity contribution in [2.45, 2.75) is 45.8 Å². The summed E-state index contributed by atoms with van der Waals surface area (Å²) in [5.74, 6) is -0.511. The fraction of sp³-hybridized carbons (Fsp3) is 0.471. The third-order valence-corrected chi connectivity index (χ3v) is 3.10. The number of aromatic nitrogens is 1. The molecule has 1 aromatic carbocycles. The van der Waals surface area contributed by atoms with Crippen molar-refractivity contribution in [3.05, 3.63) is 30.2 Å². The van der Waals surface area contributed by atoms with Crippen molar-refractivity contribution in [3.8, 4) is 0 Å². The van der Waals surface area contributed by atoms with Gasteiger partial charge in [0.25, 0.3) is 0 Å². The van der Waals surface area contributed by atoms with Crippen molar-refractivity contribution in [1.82, 2.24) is 10.3 Å². The van der Waals surface area contributed by atoms with Gasteiger partial charge in [-0.2, -0.15) is 0 Å². The molecule has 1 N–H and O–H groups in total. The van der Waals surface area contributed by atoms with Crippen LogP contribution >= 0.6 is 0 Å². The van der Waals surface area contributed by atoms with E-state index in [0.717, 1.165) is 5.56 Å². The van der Waals surface area contributed by atoms with Crippen LogP contribution in [0.25, 0.3) is 11.1 Å². The summed E-state index contributed by atoms with van der Waals surface area (Å²) in [4.78, 5) is 28.2. The highest BCUT2D eigenvalue weighted by molar-refractivity contribution is 5.82. The Morgan fingerprint density at radius 1 is 1.33 bits per heavy atom. The van der Waals surface area contributed by atoms with Crippen LogP contribution < -0.4 is 5.32 Å². The smallest absolute Gasteiger partial charge is 0.408 e. The van der Waals surface area contributed by atoms with Gasteiger partial charge in [-0.3, -0.25) is 0 Å². The summed E-state index contributed by atoms with van der Waals surface area (Å²) in [7, 11) is 0. The Hall–Kier alpha value is -2.57. The summed E-state index contributed by atoms with van der Waals surface area (Å²) in [5.41, 5.74) is 1.52. The molecule has 0 bridgehead atoms. The van der Waals surface area contributed by atoms with E-state index in [1.165, 1.54) is 6.39 Å². The van der Waals surface area contributed by atoms with Crippen LogP contribution in [0.2, 0.25) is 0 Å². The number of oxazole rings is 1. The van der Waals surface area contributed by atoms with Crippen molar-refractivity contribution < 1.29 is 23.5 Å². The first-order valence-electron chi connectivity index (χ1n) is 7.77. The fourth-order valence-corrected chi connectivity index (χ4v) is 2.15. The number of fused-ring (bicyclic) bond motifs is 1. The lowest BCUT2D eigenvalue weighted by Crippen LogP contribution is -2.45. The Morgan fingerprint density at radius 2 is 2.08 bits per heavy atom. The van der Waals surface area contributed by atoms with Crippen molar-refractivity contribution in [3.63, 3.8) is 0 Å². The summed E-state index contributed by atoms with van der Waals surface area (Å²) in [6, 6.07) is 4.55. The van der Waals surface area contributed by atoms with E-state index < -0.39 is 23.7 Å². The van der Waals surface area contributed by atoms with Crippen molar-refractivity contribution >= 4 is 23.2 Å². The van der Waals surface area contributed by atoms with Gasteiger partial charge in [0.1, 0.15) is 17.2 Å². The maximum absolute atomic E-state index is 12.1. The third kappa shape index (κ3) is 4.97. The molecule has 0 aliphatic heterocycles. The van der Waals surface area contributed by atoms with Crippen molar-refractivity contribution in [2.24, 2.45) is 0 Å². The Balaban J connectivity index is 2.12. The largest absolute Gasteiger partial charge is 0.464 e. The van der Waals surface area contributed by atoms with E-state index in [-0.39, 0.29) is 13.0 Å². The Kier molecular flexibility index (Phi) is 5.43. The minimum Gasteiger partial charge on any atom is -0.464 e. The van der Waals surface area contributed by atoms with Gasteiger partial charge >= 0.3 is 12.1 Å². The lowest BCUT2D eigenvalue weighted by molar-refractivity contribution is -0.145. The molecule has 2 aromatic rings. The second-order valence-corrected chi connectivity index (χ2v) is 6.31. The average molecular weight is 334 g/mol. The molecule has 1 amide bonds. The molecule has 1 aromatic heterocycles. The van der Waals surface area contributed by atoms with Crippen LogP contribution in [0.5, 0.6) is 0 Å². The van der Waals surface area contributed by atoms with Gasteiger partial charge in [-0.15, -0.1) is 0 Å². The Bertz CT molecular complexity index is 717. The number of carbonyl (C=O) groups excluding carboxylic acids is 2. The van der Waals surface area contributed by atoms with E-state index in [1.54, 1.807) is 33.8 Å². The number of hydrogen-bond acceptors (Lipinski definition) is 6. The molecule has 2 rings (SSSR count). The number of nitrogens with one attached hydrogen (secondary N) is 1. The topological polar surface area (TPSA) is 90.7 Å². The first kappa shape index (κ1) is 17.8. The van der Waals surface area contributed by atoms with E-state index >= 15 is 0 Å². The summed E-state index contributed by atoms with van der Waals surface area (Å²) in [6.45, 7) is 7.21. The summed E-state index contributed by atoms with van der Waals surface area (Å²) >= 11 is 0. The highest BCUT2D eigenvalue weighted by Gasteiger charge is 2.25. The molecule has 0 saturated heterocycles. The van der Waals surface area contributed by atoms with Gasteiger partial charge in [0, 0.05) is 6.42 Å². The second kappa shape index (κ2) is 7.33.